The van der Waals surface area contributed by atoms with Gasteiger partial charge in [0, 0.05) is 0 Å². The molecular formula is C13H4Cl4O2. The van der Waals surface area contributed by atoms with E-state index in [2.05, 4.69) is 0 Å². The highest BCUT2D eigenvalue weighted by molar-refractivity contribution is 6.42. The van der Waals surface area contributed by atoms with Crippen molar-refractivity contribution >= 4 is 68.3 Å². The van der Waals surface area contributed by atoms with Crippen molar-refractivity contribution in [1.29, 1.82) is 0 Å². The van der Waals surface area contributed by atoms with E-state index in [-0.39, 0.29) is 47.5 Å². The van der Waals surface area contributed by atoms with Crippen LogP contribution in [0.15, 0.2) is 33.5 Å². The van der Waals surface area contributed by atoms with Crippen LogP contribution in [0.4, 0.5) is 0 Å². The predicted octanol–water partition coefficient (Wildman–Crippen LogP) is 5.56. The molecule has 0 radical (unpaired) electrons. The van der Waals surface area contributed by atoms with E-state index < -0.39 is 0 Å². The van der Waals surface area contributed by atoms with Crippen LogP contribution in [-0.4, -0.2) is 0 Å². The molecule has 2 nitrogen and oxygen atoms in total. The van der Waals surface area contributed by atoms with Crippen molar-refractivity contribution in [2.24, 2.45) is 0 Å². The zero-order valence-corrected chi connectivity index (χ0v) is 12.2. The Bertz CT molecular complexity index is 814. The lowest BCUT2D eigenvalue weighted by atomic mass is 10.1. The number of benzene rings is 2. The molecule has 1 aromatic heterocycles. The SMILES string of the molecule is O=c1c2c(Cl)ccc(Cl)c2oc2c(Cl)ccc(Cl)c12. The third kappa shape index (κ3) is 1.91. The molecule has 6 heteroatoms. The van der Waals surface area contributed by atoms with Gasteiger partial charge in [-0.05, 0) is 24.3 Å². The van der Waals surface area contributed by atoms with Crippen LogP contribution < -0.4 is 5.43 Å². The van der Waals surface area contributed by atoms with Gasteiger partial charge in [-0.3, -0.25) is 4.79 Å². The molecule has 19 heavy (non-hydrogen) atoms. The maximum Gasteiger partial charge on any atom is 0.203 e. The molecule has 0 saturated carbocycles. The van der Waals surface area contributed by atoms with Gasteiger partial charge in [-0.25, -0.2) is 0 Å². The van der Waals surface area contributed by atoms with Crippen molar-refractivity contribution in [1.82, 2.24) is 0 Å². The molecule has 3 rings (SSSR count). The topological polar surface area (TPSA) is 30.2 Å². The summed E-state index contributed by atoms with van der Waals surface area (Å²) >= 11 is 24.1. The van der Waals surface area contributed by atoms with Gasteiger partial charge in [-0.1, -0.05) is 46.4 Å². The van der Waals surface area contributed by atoms with E-state index in [0.29, 0.717) is 0 Å². The molecule has 0 unspecified atom stereocenters. The molecule has 96 valence electrons. The zero-order chi connectivity index (χ0) is 13.7. The molecule has 0 amide bonds. The van der Waals surface area contributed by atoms with Crippen LogP contribution in [0, 0.1) is 0 Å². The normalized spacial score (nSPS) is 11.4. The van der Waals surface area contributed by atoms with E-state index in [1.165, 1.54) is 12.1 Å². The predicted molar refractivity (Wildman–Crippen MR) is 80.0 cm³/mol. The van der Waals surface area contributed by atoms with E-state index >= 15 is 0 Å². The summed E-state index contributed by atoms with van der Waals surface area (Å²) in [6.07, 6.45) is 0. The van der Waals surface area contributed by atoms with Gasteiger partial charge in [0.2, 0.25) is 5.43 Å². The first-order valence-electron chi connectivity index (χ1n) is 5.19. The lowest BCUT2D eigenvalue weighted by Crippen LogP contribution is -2.04. The second-order valence-corrected chi connectivity index (χ2v) is 5.53. The summed E-state index contributed by atoms with van der Waals surface area (Å²) in [5.74, 6) is 0. The summed E-state index contributed by atoms with van der Waals surface area (Å²) < 4.78 is 5.62. The minimum atomic E-state index is -0.351. The van der Waals surface area contributed by atoms with Crippen LogP contribution >= 0.6 is 46.4 Å². The smallest absolute Gasteiger partial charge is 0.203 e. The summed E-state index contributed by atoms with van der Waals surface area (Å²) in [4.78, 5) is 12.5. The molecule has 1 heterocycles. The fourth-order valence-corrected chi connectivity index (χ4v) is 2.78. The molecule has 0 spiro atoms. The van der Waals surface area contributed by atoms with Crippen LogP contribution in [0.5, 0.6) is 0 Å². The molecule has 0 aliphatic rings. The van der Waals surface area contributed by atoms with E-state index in [0.717, 1.165) is 0 Å². The maximum absolute atomic E-state index is 12.5. The molecule has 0 bridgehead atoms. The van der Waals surface area contributed by atoms with Crippen LogP contribution in [0.1, 0.15) is 0 Å². The van der Waals surface area contributed by atoms with E-state index in [9.17, 15) is 4.79 Å². The summed E-state index contributed by atoms with van der Waals surface area (Å²) in [5, 5.41) is 1.48. The molecule has 0 fully saturated rings. The Kier molecular flexibility index (Phi) is 3.14. The summed E-state index contributed by atoms with van der Waals surface area (Å²) in [7, 11) is 0. The highest BCUT2D eigenvalue weighted by atomic mass is 35.5. The molecule has 0 aliphatic heterocycles. The van der Waals surface area contributed by atoms with Crippen molar-refractivity contribution in [3.63, 3.8) is 0 Å². The van der Waals surface area contributed by atoms with Gasteiger partial charge in [0.05, 0.1) is 30.9 Å². The van der Waals surface area contributed by atoms with E-state index in [4.69, 9.17) is 50.8 Å². The second-order valence-electron chi connectivity index (χ2n) is 3.90. The Hall–Kier alpha value is -0.930. The fraction of sp³-hybridized carbons (Fsp3) is 0. The largest absolute Gasteiger partial charge is 0.453 e. The first-order chi connectivity index (χ1) is 9.00. The van der Waals surface area contributed by atoms with E-state index in [1.807, 2.05) is 0 Å². The van der Waals surface area contributed by atoms with Crippen LogP contribution in [-0.2, 0) is 0 Å². The highest BCUT2D eigenvalue weighted by Gasteiger charge is 2.17. The average Bonchev–Trinajstić information content (AvgIpc) is 2.38. The van der Waals surface area contributed by atoms with Gasteiger partial charge >= 0.3 is 0 Å². The standard InChI is InChI=1S/C13H4Cl4O2/c14-5-1-3-7(16)12-9(5)11(18)10-6(15)2-4-8(17)13(10)19-12/h1-4H. The quantitative estimate of drug-likeness (QED) is 0.504. The molecule has 0 aliphatic carbocycles. The van der Waals surface area contributed by atoms with Gasteiger partial charge in [0.1, 0.15) is 0 Å². The van der Waals surface area contributed by atoms with Gasteiger partial charge < -0.3 is 4.42 Å². The summed E-state index contributed by atoms with van der Waals surface area (Å²) in [5.41, 5.74) is 0.0583. The molecule has 0 atom stereocenters. The Morgan fingerprint density at radius 2 is 1.05 bits per heavy atom. The van der Waals surface area contributed by atoms with Gasteiger partial charge in [0.15, 0.2) is 11.2 Å². The Morgan fingerprint density at radius 3 is 1.47 bits per heavy atom. The number of halogens is 4. The van der Waals surface area contributed by atoms with Crippen molar-refractivity contribution in [2.75, 3.05) is 0 Å². The zero-order valence-electron chi connectivity index (χ0n) is 9.14. The third-order valence-electron chi connectivity index (χ3n) is 2.78. The molecule has 2 aromatic carbocycles. The summed E-state index contributed by atoms with van der Waals surface area (Å²) in [6, 6.07) is 6.18. The third-order valence-corrected chi connectivity index (χ3v) is 4.00. The Morgan fingerprint density at radius 1 is 0.684 bits per heavy atom. The van der Waals surface area contributed by atoms with Crippen LogP contribution in [0.2, 0.25) is 20.1 Å². The van der Waals surface area contributed by atoms with Crippen LogP contribution in [0.3, 0.4) is 0 Å². The van der Waals surface area contributed by atoms with E-state index in [1.54, 1.807) is 12.1 Å². The van der Waals surface area contributed by atoms with Crippen molar-refractivity contribution < 1.29 is 4.42 Å². The van der Waals surface area contributed by atoms with Gasteiger partial charge in [-0.2, -0.15) is 0 Å². The first kappa shape index (κ1) is 13.1. The summed E-state index contributed by atoms with van der Waals surface area (Å²) in [6.45, 7) is 0. The maximum atomic E-state index is 12.5. The molecule has 0 N–H and O–H groups in total. The first-order valence-corrected chi connectivity index (χ1v) is 6.70. The lowest BCUT2D eigenvalue weighted by Gasteiger charge is -2.06. The monoisotopic (exact) mass is 332 g/mol. The van der Waals surface area contributed by atoms with Gasteiger partial charge in [0.25, 0.3) is 0 Å². The van der Waals surface area contributed by atoms with Gasteiger partial charge in [-0.15, -0.1) is 0 Å². The highest BCUT2D eigenvalue weighted by Crippen LogP contribution is 2.34. The number of hydrogen-bond acceptors (Lipinski definition) is 2. The molecular weight excluding hydrogens is 330 g/mol. The number of rotatable bonds is 0. The van der Waals surface area contributed by atoms with Crippen molar-refractivity contribution in [2.45, 2.75) is 0 Å². The van der Waals surface area contributed by atoms with Crippen molar-refractivity contribution in [3.05, 3.63) is 54.6 Å². The molecule has 0 saturated heterocycles. The average molecular weight is 334 g/mol. The fourth-order valence-electron chi connectivity index (χ4n) is 1.92. The molecule has 3 aromatic rings. The van der Waals surface area contributed by atoms with Crippen molar-refractivity contribution in [3.8, 4) is 0 Å². The number of fused-ring (bicyclic) bond motifs is 2. The second kappa shape index (κ2) is 4.57. The Balaban J connectivity index is 2.73. The minimum absolute atomic E-state index is 0.200. The lowest BCUT2D eigenvalue weighted by molar-refractivity contribution is 0.660. The minimum Gasteiger partial charge on any atom is -0.453 e. The Labute approximate surface area is 127 Å². The van der Waals surface area contributed by atoms with Crippen LogP contribution in [0.25, 0.3) is 21.9 Å². The number of hydrogen-bond donors (Lipinski definition) is 0.